The van der Waals surface area contributed by atoms with Gasteiger partial charge in [0.15, 0.2) is 0 Å². The van der Waals surface area contributed by atoms with E-state index in [0.717, 1.165) is 16.8 Å². The van der Waals surface area contributed by atoms with Gasteiger partial charge in [0.25, 0.3) is 5.91 Å². The molecule has 0 radical (unpaired) electrons. The summed E-state index contributed by atoms with van der Waals surface area (Å²) in [5.74, 6) is -1.72. The third kappa shape index (κ3) is 4.45. The third-order valence-corrected chi connectivity index (χ3v) is 3.57. The maximum absolute atomic E-state index is 12.2. The molecule has 0 atom stereocenters. The second-order valence-corrected chi connectivity index (χ2v) is 5.42. The summed E-state index contributed by atoms with van der Waals surface area (Å²) in [6.07, 6.45) is 1.34. The largest absolute Gasteiger partial charge is 0.478 e. The smallest absolute Gasteiger partial charge is 0.335 e. The molecule has 0 aliphatic carbocycles. The van der Waals surface area contributed by atoms with E-state index >= 15 is 0 Å². The number of aryl methyl sites for hydroxylation is 2. The van der Waals surface area contributed by atoms with Crippen LogP contribution in [0.5, 0.6) is 0 Å². The summed E-state index contributed by atoms with van der Waals surface area (Å²) < 4.78 is 0. The van der Waals surface area contributed by atoms with Crippen LogP contribution in [0.15, 0.2) is 54.2 Å². The number of anilines is 2. The van der Waals surface area contributed by atoms with Gasteiger partial charge >= 0.3 is 5.97 Å². The van der Waals surface area contributed by atoms with E-state index in [1.165, 1.54) is 24.4 Å². The molecule has 0 saturated carbocycles. The molecule has 0 saturated heterocycles. The van der Waals surface area contributed by atoms with Crippen LogP contribution in [-0.2, 0) is 4.79 Å². The highest BCUT2D eigenvalue weighted by molar-refractivity contribution is 6.07. The van der Waals surface area contributed by atoms with Gasteiger partial charge in [0.1, 0.15) is 11.6 Å². The second kappa shape index (κ2) is 7.79. The molecule has 6 heteroatoms. The fourth-order valence-electron chi connectivity index (χ4n) is 2.26. The lowest BCUT2D eigenvalue weighted by molar-refractivity contribution is -0.112. The molecule has 0 unspecified atom stereocenters. The second-order valence-electron chi connectivity index (χ2n) is 5.42. The van der Waals surface area contributed by atoms with Gasteiger partial charge < -0.3 is 15.7 Å². The maximum Gasteiger partial charge on any atom is 0.335 e. The number of nitriles is 1. The van der Waals surface area contributed by atoms with Crippen molar-refractivity contribution < 1.29 is 14.7 Å². The molecule has 0 heterocycles. The lowest BCUT2D eigenvalue weighted by atomic mass is 10.1. The Bertz CT molecular complexity index is 875. The Morgan fingerprint density at radius 2 is 1.76 bits per heavy atom. The van der Waals surface area contributed by atoms with E-state index in [2.05, 4.69) is 10.6 Å². The van der Waals surface area contributed by atoms with Gasteiger partial charge in [-0.1, -0.05) is 24.3 Å². The monoisotopic (exact) mass is 335 g/mol. The van der Waals surface area contributed by atoms with Gasteiger partial charge in [-0.05, 0) is 43.2 Å². The van der Waals surface area contributed by atoms with Crippen LogP contribution in [0.2, 0.25) is 0 Å². The van der Waals surface area contributed by atoms with Crippen LogP contribution in [0, 0.1) is 25.2 Å². The van der Waals surface area contributed by atoms with Crippen molar-refractivity contribution in [1.82, 2.24) is 0 Å². The van der Waals surface area contributed by atoms with E-state index < -0.39 is 11.9 Å². The fraction of sp³-hybridized carbons (Fsp3) is 0.105. The van der Waals surface area contributed by atoms with Crippen LogP contribution in [0.1, 0.15) is 21.5 Å². The average Bonchev–Trinajstić information content (AvgIpc) is 2.57. The Kier molecular flexibility index (Phi) is 5.54. The Balaban J connectivity index is 2.17. The van der Waals surface area contributed by atoms with Gasteiger partial charge in [-0.15, -0.1) is 0 Å². The number of carboxylic acid groups (broad SMARTS) is 1. The molecule has 2 aromatic carbocycles. The number of carbonyl (C=O) groups excluding carboxylic acids is 1. The first-order valence-corrected chi connectivity index (χ1v) is 7.50. The minimum Gasteiger partial charge on any atom is -0.478 e. The van der Waals surface area contributed by atoms with Crippen LogP contribution in [0.25, 0.3) is 0 Å². The quantitative estimate of drug-likeness (QED) is 0.573. The molecule has 0 aliphatic rings. The molecule has 6 nitrogen and oxygen atoms in total. The average molecular weight is 335 g/mol. The Hall–Kier alpha value is -3.59. The van der Waals surface area contributed by atoms with Gasteiger partial charge in [-0.2, -0.15) is 5.26 Å². The lowest BCUT2D eigenvalue weighted by Crippen LogP contribution is -2.15. The number of carboxylic acids is 1. The van der Waals surface area contributed by atoms with E-state index in [-0.39, 0.29) is 11.1 Å². The summed E-state index contributed by atoms with van der Waals surface area (Å²) in [7, 11) is 0. The first kappa shape index (κ1) is 17.8. The number of amides is 1. The van der Waals surface area contributed by atoms with Crippen LogP contribution in [0.3, 0.4) is 0 Å². The molecule has 126 valence electrons. The predicted octanol–water partition coefficient (Wildman–Crippen LogP) is 3.46. The van der Waals surface area contributed by atoms with Crippen LogP contribution >= 0.6 is 0 Å². The van der Waals surface area contributed by atoms with Gasteiger partial charge in [0.2, 0.25) is 0 Å². The Morgan fingerprint density at radius 1 is 1.12 bits per heavy atom. The minimum atomic E-state index is -1.09. The topological polar surface area (TPSA) is 102 Å². The zero-order valence-corrected chi connectivity index (χ0v) is 13.8. The molecule has 2 aromatic rings. The van der Waals surface area contributed by atoms with Crippen LogP contribution < -0.4 is 10.6 Å². The number of aromatic carboxylic acids is 1. The molecule has 3 N–H and O–H groups in total. The highest BCUT2D eigenvalue weighted by atomic mass is 16.4. The predicted molar refractivity (Wildman–Crippen MR) is 95.3 cm³/mol. The Morgan fingerprint density at radius 3 is 2.36 bits per heavy atom. The highest BCUT2D eigenvalue weighted by Gasteiger charge is 2.11. The highest BCUT2D eigenvalue weighted by Crippen LogP contribution is 2.20. The Labute approximate surface area is 145 Å². The summed E-state index contributed by atoms with van der Waals surface area (Å²) in [5.41, 5.74) is 3.04. The van der Waals surface area contributed by atoms with Crippen molar-refractivity contribution in [1.29, 1.82) is 5.26 Å². The van der Waals surface area contributed by atoms with E-state index in [1.807, 2.05) is 38.1 Å². The summed E-state index contributed by atoms with van der Waals surface area (Å²) in [5, 5.41) is 23.7. The summed E-state index contributed by atoms with van der Waals surface area (Å²) in [4.78, 5) is 23.2. The number of para-hydroxylation sites is 1. The molecule has 0 fully saturated rings. The van der Waals surface area contributed by atoms with Crippen LogP contribution in [-0.4, -0.2) is 17.0 Å². The first-order valence-electron chi connectivity index (χ1n) is 7.50. The van der Waals surface area contributed by atoms with Crippen molar-refractivity contribution in [2.45, 2.75) is 13.8 Å². The molecule has 1 amide bonds. The molecule has 0 spiro atoms. The van der Waals surface area contributed by atoms with Crippen molar-refractivity contribution in [3.05, 3.63) is 70.9 Å². The van der Waals surface area contributed by atoms with E-state index in [9.17, 15) is 14.9 Å². The first-order chi connectivity index (χ1) is 11.9. The van der Waals surface area contributed by atoms with Gasteiger partial charge in [0.05, 0.1) is 5.56 Å². The van der Waals surface area contributed by atoms with Crippen molar-refractivity contribution in [2.75, 3.05) is 10.6 Å². The summed E-state index contributed by atoms with van der Waals surface area (Å²) in [6, 6.07) is 13.4. The van der Waals surface area contributed by atoms with Gasteiger partial charge in [0, 0.05) is 17.6 Å². The van der Waals surface area contributed by atoms with Crippen molar-refractivity contribution in [2.24, 2.45) is 0 Å². The fourth-order valence-corrected chi connectivity index (χ4v) is 2.26. The standard InChI is InChI=1S/C19H17N3O3/c1-12-5-3-6-13(2)17(12)21-11-15(10-20)18(23)22-16-8-4-7-14(9-16)19(24)25/h3-9,11,21H,1-2H3,(H,22,23)(H,24,25)/b15-11-. The zero-order valence-electron chi connectivity index (χ0n) is 13.8. The third-order valence-electron chi connectivity index (χ3n) is 3.57. The van der Waals surface area contributed by atoms with Gasteiger partial charge in [-0.3, -0.25) is 4.79 Å². The van der Waals surface area contributed by atoms with E-state index in [4.69, 9.17) is 5.11 Å². The van der Waals surface area contributed by atoms with Gasteiger partial charge in [-0.25, -0.2) is 4.79 Å². The number of nitrogens with one attached hydrogen (secondary N) is 2. The molecule has 0 aliphatic heterocycles. The van der Waals surface area contributed by atoms with Crippen LogP contribution in [0.4, 0.5) is 11.4 Å². The number of carbonyl (C=O) groups is 2. The lowest BCUT2D eigenvalue weighted by Gasteiger charge is -2.10. The minimum absolute atomic E-state index is 0.0500. The number of nitrogens with zero attached hydrogens (tertiary/aromatic N) is 1. The molecule has 2 rings (SSSR count). The van der Waals surface area contributed by atoms with Crippen molar-refractivity contribution >= 4 is 23.3 Å². The number of benzene rings is 2. The normalized spacial score (nSPS) is 10.7. The van der Waals surface area contributed by atoms with E-state index in [0.29, 0.717) is 5.69 Å². The van der Waals surface area contributed by atoms with Crippen molar-refractivity contribution in [3.8, 4) is 6.07 Å². The van der Waals surface area contributed by atoms with E-state index in [1.54, 1.807) is 6.07 Å². The summed E-state index contributed by atoms with van der Waals surface area (Å²) in [6.45, 7) is 3.85. The molecular formula is C19H17N3O3. The summed E-state index contributed by atoms with van der Waals surface area (Å²) >= 11 is 0. The number of hydrogen-bond acceptors (Lipinski definition) is 4. The zero-order chi connectivity index (χ0) is 18.4. The molecular weight excluding hydrogens is 318 g/mol. The number of hydrogen-bond donors (Lipinski definition) is 3. The maximum atomic E-state index is 12.2. The molecule has 0 aromatic heterocycles. The molecule has 25 heavy (non-hydrogen) atoms. The SMILES string of the molecule is Cc1cccc(C)c1N/C=C(/C#N)C(=O)Nc1cccc(C(=O)O)c1. The van der Waals surface area contributed by atoms with Crippen molar-refractivity contribution in [3.63, 3.8) is 0 Å². The molecule has 0 bridgehead atoms. The number of rotatable bonds is 5.